The van der Waals surface area contributed by atoms with Crippen LogP contribution in [0.15, 0.2) is 4.60 Å². The van der Waals surface area contributed by atoms with Gasteiger partial charge in [-0.3, -0.25) is 0 Å². The number of ether oxygens (including phenoxy) is 1. The van der Waals surface area contributed by atoms with Crippen molar-refractivity contribution < 1.29 is 9.84 Å². The highest BCUT2D eigenvalue weighted by molar-refractivity contribution is 9.10. The van der Waals surface area contributed by atoms with Gasteiger partial charge in [-0.15, -0.1) is 5.10 Å². The third kappa shape index (κ3) is 2.07. The lowest BCUT2D eigenvalue weighted by molar-refractivity contribution is -0.0270. The summed E-state index contributed by atoms with van der Waals surface area (Å²) in [5, 5.41) is 17.5. The van der Waals surface area contributed by atoms with E-state index in [2.05, 4.69) is 26.2 Å². The maximum absolute atomic E-state index is 9.98. The second-order valence-electron chi connectivity index (χ2n) is 3.06. The van der Waals surface area contributed by atoms with Crippen LogP contribution in [-0.4, -0.2) is 33.8 Å². The van der Waals surface area contributed by atoms with Crippen LogP contribution in [0.3, 0.4) is 0 Å². The van der Waals surface area contributed by atoms with Crippen molar-refractivity contribution in [2.45, 2.75) is 12.5 Å². The van der Waals surface area contributed by atoms with E-state index in [-0.39, 0.29) is 6.61 Å². The van der Waals surface area contributed by atoms with Gasteiger partial charge < -0.3 is 9.84 Å². The topological polar surface area (TPSA) is 60.2 Å². The molecule has 0 aliphatic carbocycles. The molecule has 1 aromatic heterocycles. The molecule has 1 aromatic rings. The van der Waals surface area contributed by atoms with E-state index in [0.717, 1.165) is 0 Å². The molecule has 6 heteroatoms. The van der Waals surface area contributed by atoms with Crippen molar-refractivity contribution in [3.05, 3.63) is 10.3 Å². The average molecular weight is 250 g/mol. The summed E-state index contributed by atoms with van der Waals surface area (Å²) in [6.07, 6.45) is 0. The van der Waals surface area contributed by atoms with E-state index in [1.54, 1.807) is 14.0 Å². The quantitative estimate of drug-likeness (QED) is 0.845. The number of rotatable bonds is 3. The van der Waals surface area contributed by atoms with Gasteiger partial charge >= 0.3 is 0 Å². The number of aromatic nitrogens is 3. The van der Waals surface area contributed by atoms with Gasteiger partial charge in [-0.25, -0.2) is 4.68 Å². The predicted molar refractivity (Wildman–Crippen MR) is 50.1 cm³/mol. The number of nitrogens with zero attached hydrogens (tertiary/aromatic N) is 3. The Morgan fingerprint density at radius 2 is 2.31 bits per heavy atom. The van der Waals surface area contributed by atoms with Gasteiger partial charge in [0.15, 0.2) is 4.60 Å². The molecule has 0 saturated heterocycles. The maximum Gasteiger partial charge on any atom is 0.154 e. The van der Waals surface area contributed by atoms with Gasteiger partial charge in [0.05, 0.1) is 6.61 Å². The minimum Gasteiger partial charge on any atom is -0.381 e. The van der Waals surface area contributed by atoms with Crippen LogP contribution < -0.4 is 0 Å². The zero-order valence-electron chi connectivity index (χ0n) is 7.78. The van der Waals surface area contributed by atoms with E-state index in [1.807, 2.05) is 0 Å². The highest BCUT2D eigenvalue weighted by Gasteiger charge is 2.30. The molecule has 0 radical (unpaired) electrons. The first-order valence-corrected chi connectivity index (χ1v) is 4.55. The third-order valence-electron chi connectivity index (χ3n) is 1.72. The van der Waals surface area contributed by atoms with E-state index in [0.29, 0.717) is 10.3 Å². The molecule has 0 aromatic carbocycles. The van der Waals surface area contributed by atoms with Crippen molar-refractivity contribution in [2.24, 2.45) is 7.05 Å². The minimum absolute atomic E-state index is 0.201. The summed E-state index contributed by atoms with van der Waals surface area (Å²) < 4.78 is 6.96. The van der Waals surface area contributed by atoms with E-state index < -0.39 is 5.60 Å². The summed E-state index contributed by atoms with van der Waals surface area (Å²) in [5.41, 5.74) is -0.472. The third-order valence-corrected chi connectivity index (χ3v) is 2.26. The summed E-state index contributed by atoms with van der Waals surface area (Å²) >= 11 is 3.21. The molecule has 1 N–H and O–H groups in total. The monoisotopic (exact) mass is 249 g/mol. The fourth-order valence-corrected chi connectivity index (χ4v) is 2.01. The molecule has 0 aliphatic heterocycles. The molecule has 0 saturated carbocycles. The Hall–Kier alpha value is -0.460. The second-order valence-corrected chi connectivity index (χ2v) is 3.81. The lowest BCUT2D eigenvalue weighted by Crippen LogP contribution is -2.30. The Labute approximate surface area is 84.8 Å². The fraction of sp³-hybridized carbons (Fsp3) is 0.714. The first kappa shape index (κ1) is 10.6. The molecule has 0 fully saturated rings. The Morgan fingerprint density at radius 1 is 1.69 bits per heavy atom. The molecule has 5 nitrogen and oxygen atoms in total. The summed E-state index contributed by atoms with van der Waals surface area (Å²) in [5.74, 6) is 0. The predicted octanol–water partition coefficient (Wildman–Crippen LogP) is 0.432. The van der Waals surface area contributed by atoms with Gasteiger partial charge in [0.1, 0.15) is 11.3 Å². The molecular formula is C7H12BrN3O2. The molecule has 1 rings (SSSR count). The molecular weight excluding hydrogens is 238 g/mol. The van der Waals surface area contributed by atoms with Crippen molar-refractivity contribution in [3.8, 4) is 0 Å². The van der Waals surface area contributed by atoms with E-state index in [9.17, 15) is 5.11 Å². The van der Waals surface area contributed by atoms with Crippen molar-refractivity contribution >= 4 is 15.9 Å². The molecule has 0 aliphatic rings. The molecule has 1 unspecified atom stereocenters. The number of halogens is 1. The largest absolute Gasteiger partial charge is 0.381 e. The highest BCUT2D eigenvalue weighted by atomic mass is 79.9. The molecule has 1 atom stereocenters. The zero-order chi connectivity index (χ0) is 10.1. The smallest absolute Gasteiger partial charge is 0.154 e. The van der Waals surface area contributed by atoms with Crippen molar-refractivity contribution in [1.82, 2.24) is 15.0 Å². The van der Waals surface area contributed by atoms with Crippen LogP contribution in [-0.2, 0) is 17.4 Å². The molecule has 0 spiro atoms. The molecule has 74 valence electrons. The summed E-state index contributed by atoms with van der Waals surface area (Å²) in [7, 11) is 3.25. The van der Waals surface area contributed by atoms with Crippen molar-refractivity contribution in [2.75, 3.05) is 13.7 Å². The first-order valence-electron chi connectivity index (χ1n) is 3.76. The Balaban J connectivity index is 3.05. The average Bonchev–Trinajstić information content (AvgIpc) is 2.31. The van der Waals surface area contributed by atoms with Gasteiger partial charge in [0, 0.05) is 14.2 Å². The minimum atomic E-state index is -1.08. The fourth-order valence-electron chi connectivity index (χ4n) is 1.25. The van der Waals surface area contributed by atoms with Crippen LogP contribution in [0.5, 0.6) is 0 Å². The number of hydrogen-bond acceptors (Lipinski definition) is 4. The van der Waals surface area contributed by atoms with Crippen LogP contribution in [0.25, 0.3) is 0 Å². The van der Waals surface area contributed by atoms with Gasteiger partial charge in [-0.05, 0) is 22.9 Å². The summed E-state index contributed by atoms with van der Waals surface area (Å²) in [4.78, 5) is 0. The zero-order valence-corrected chi connectivity index (χ0v) is 9.37. The lowest BCUT2D eigenvalue weighted by Gasteiger charge is -2.21. The normalized spacial score (nSPS) is 15.8. The number of methoxy groups -OCH3 is 1. The molecule has 1 heterocycles. The van der Waals surface area contributed by atoms with E-state index >= 15 is 0 Å². The Kier molecular flexibility index (Phi) is 3.05. The number of aliphatic hydroxyl groups is 1. The van der Waals surface area contributed by atoms with Gasteiger partial charge in [-0.1, -0.05) is 5.21 Å². The first-order chi connectivity index (χ1) is 5.99. The van der Waals surface area contributed by atoms with Gasteiger partial charge in [-0.2, -0.15) is 0 Å². The maximum atomic E-state index is 9.98. The van der Waals surface area contributed by atoms with Crippen LogP contribution in [0.4, 0.5) is 0 Å². The van der Waals surface area contributed by atoms with Crippen LogP contribution in [0, 0.1) is 0 Å². The SMILES string of the molecule is COCC(C)(O)c1c(Br)nnn1C. The van der Waals surface area contributed by atoms with Crippen LogP contribution in [0.2, 0.25) is 0 Å². The highest BCUT2D eigenvalue weighted by Crippen LogP contribution is 2.25. The Bertz CT molecular complexity index is 278. The molecule has 0 bridgehead atoms. The van der Waals surface area contributed by atoms with E-state index in [4.69, 9.17) is 4.74 Å². The standard InChI is InChI=1S/C7H12BrN3O2/c1-7(12,4-13-3)5-6(8)9-10-11(5)2/h12H,4H2,1-3H3. The van der Waals surface area contributed by atoms with Gasteiger partial charge in [0.2, 0.25) is 0 Å². The number of hydrogen-bond donors (Lipinski definition) is 1. The number of aryl methyl sites for hydroxylation is 1. The molecule has 0 amide bonds. The molecule has 13 heavy (non-hydrogen) atoms. The van der Waals surface area contributed by atoms with Crippen LogP contribution >= 0.6 is 15.9 Å². The Morgan fingerprint density at radius 3 is 2.69 bits per heavy atom. The second kappa shape index (κ2) is 3.73. The lowest BCUT2D eigenvalue weighted by atomic mass is 10.1. The van der Waals surface area contributed by atoms with Crippen molar-refractivity contribution in [3.63, 3.8) is 0 Å². The summed E-state index contributed by atoms with van der Waals surface area (Å²) in [6.45, 7) is 1.85. The van der Waals surface area contributed by atoms with Gasteiger partial charge in [0.25, 0.3) is 0 Å². The van der Waals surface area contributed by atoms with Crippen molar-refractivity contribution in [1.29, 1.82) is 0 Å². The van der Waals surface area contributed by atoms with E-state index in [1.165, 1.54) is 11.8 Å². The van der Waals surface area contributed by atoms with Crippen LogP contribution in [0.1, 0.15) is 12.6 Å². The summed E-state index contributed by atoms with van der Waals surface area (Å²) in [6, 6.07) is 0.